The molecule has 4 aliphatic rings. The lowest BCUT2D eigenvalue weighted by atomic mass is 9.41. The molecule has 0 aromatic heterocycles. The largest absolute Gasteiger partial charge is 0.393 e. The van der Waals surface area contributed by atoms with Crippen molar-refractivity contribution in [3.63, 3.8) is 0 Å². The van der Waals surface area contributed by atoms with Crippen molar-refractivity contribution in [2.45, 2.75) is 110 Å². The summed E-state index contributed by atoms with van der Waals surface area (Å²) in [6.45, 7) is 9.39. The van der Waals surface area contributed by atoms with E-state index in [1.165, 1.54) is 0 Å². The second-order valence-electron chi connectivity index (χ2n) is 14.9. The molecule has 7 nitrogen and oxygen atoms in total. The number of carbonyl (C=O) groups is 1. The molecule has 4 saturated carbocycles. The summed E-state index contributed by atoms with van der Waals surface area (Å²) in [6, 6.07) is 8.13. The number of benzene rings is 1. The number of aliphatic hydroxyl groups excluding tert-OH is 2. The first-order valence-electron chi connectivity index (χ1n) is 16.4. The summed E-state index contributed by atoms with van der Waals surface area (Å²) in [5.74, 6) is 1.97. The van der Waals surface area contributed by atoms with Crippen LogP contribution in [0.5, 0.6) is 0 Å². The molecule has 0 aliphatic heterocycles. The molecule has 0 heterocycles. The van der Waals surface area contributed by atoms with Crippen molar-refractivity contribution in [1.82, 2.24) is 5.32 Å². The third-order valence-corrected chi connectivity index (χ3v) is 13.6. The summed E-state index contributed by atoms with van der Waals surface area (Å²) < 4.78 is 32.8. The molecule has 1 aromatic carbocycles. The molecule has 5 rings (SSSR count). The van der Waals surface area contributed by atoms with E-state index in [2.05, 4.69) is 33.0 Å². The van der Waals surface area contributed by atoms with Crippen LogP contribution >= 0.6 is 0 Å². The van der Waals surface area contributed by atoms with E-state index in [1.54, 1.807) is 24.3 Å². The normalized spacial score (nSPS) is 41.2. The number of nitrogens with one attached hydrogen (secondary N) is 1. The van der Waals surface area contributed by atoms with E-state index in [4.69, 9.17) is 0 Å². The van der Waals surface area contributed by atoms with Gasteiger partial charge >= 0.3 is 0 Å². The van der Waals surface area contributed by atoms with Crippen molar-refractivity contribution in [2.24, 2.45) is 52.3 Å². The highest BCUT2D eigenvalue weighted by atomic mass is 32.2. The smallest absolute Gasteiger partial charge is 0.267 e. The molecule has 42 heavy (non-hydrogen) atoms. The van der Waals surface area contributed by atoms with Gasteiger partial charge in [0.2, 0.25) is 5.91 Å². The number of rotatable bonds is 9. The Kier molecular flexibility index (Phi) is 9.22. The molecule has 1 amide bonds. The average Bonchev–Trinajstić information content (AvgIpc) is 3.29. The van der Waals surface area contributed by atoms with E-state index in [-0.39, 0.29) is 34.9 Å². The van der Waals surface area contributed by atoms with Crippen LogP contribution in [0.1, 0.15) is 104 Å². The number of carbonyl (C=O) groups excluding carboxylic acids is 1. The van der Waals surface area contributed by atoms with Gasteiger partial charge in [0.15, 0.2) is 0 Å². The molecule has 236 valence electrons. The topological polar surface area (TPSA) is 124 Å². The molecule has 12 atom stereocenters. The highest BCUT2D eigenvalue weighted by Gasteiger charge is 2.64. The first-order chi connectivity index (χ1) is 19.8. The van der Waals surface area contributed by atoms with Crippen LogP contribution in [0.2, 0.25) is 0 Å². The summed E-state index contributed by atoms with van der Waals surface area (Å²) in [6.07, 6.45) is 8.72. The van der Waals surface area contributed by atoms with Crippen LogP contribution in [0.25, 0.3) is 0 Å². The van der Waals surface area contributed by atoms with E-state index in [9.17, 15) is 28.0 Å². The van der Waals surface area contributed by atoms with Crippen LogP contribution in [-0.4, -0.2) is 47.1 Å². The fourth-order valence-corrected chi connectivity index (χ4v) is 11.6. The van der Waals surface area contributed by atoms with Gasteiger partial charge in [0, 0.05) is 6.42 Å². The van der Waals surface area contributed by atoms with Crippen molar-refractivity contribution in [2.75, 3.05) is 5.75 Å². The van der Waals surface area contributed by atoms with Crippen LogP contribution in [0.3, 0.4) is 0 Å². The Morgan fingerprint density at radius 1 is 1.00 bits per heavy atom. The van der Waals surface area contributed by atoms with Crippen LogP contribution in [0, 0.1) is 52.3 Å². The quantitative estimate of drug-likeness (QED) is 0.266. The fraction of sp³-hybridized carbons (Fsp3) is 0.794. The first kappa shape index (κ1) is 31.9. The van der Waals surface area contributed by atoms with E-state index in [1.807, 2.05) is 6.07 Å². The molecular formula is C34H53NO6S. The van der Waals surface area contributed by atoms with Crippen molar-refractivity contribution >= 4 is 16.0 Å². The third-order valence-electron chi connectivity index (χ3n) is 12.9. The van der Waals surface area contributed by atoms with Gasteiger partial charge in [-0.1, -0.05) is 64.4 Å². The lowest BCUT2D eigenvalue weighted by molar-refractivity contribution is -0.203. The molecule has 0 spiro atoms. The molecule has 0 unspecified atom stereocenters. The maximum Gasteiger partial charge on any atom is 0.267 e. The molecule has 0 bridgehead atoms. The Morgan fingerprint density at radius 2 is 1.67 bits per heavy atom. The van der Waals surface area contributed by atoms with Crippen molar-refractivity contribution in [3.8, 4) is 0 Å². The van der Waals surface area contributed by atoms with Crippen molar-refractivity contribution < 1.29 is 28.0 Å². The Bertz CT molecular complexity index is 1210. The van der Waals surface area contributed by atoms with Gasteiger partial charge in [-0.15, -0.1) is 0 Å². The molecular weight excluding hydrogens is 550 g/mol. The first-order valence-corrected chi connectivity index (χ1v) is 18.0. The van der Waals surface area contributed by atoms with Crippen LogP contribution in [-0.2, 0) is 14.9 Å². The maximum absolute atomic E-state index is 13.0. The van der Waals surface area contributed by atoms with Crippen LogP contribution in [0.15, 0.2) is 30.3 Å². The highest BCUT2D eigenvalue weighted by molar-refractivity contribution is 7.85. The Labute approximate surface area is 253 Å². The van der Waals surface area contributed by atoms with Crippen LogP contribution < -0.4 is 5.32 Å². The van der Waals surface area contributed by atoms with Gasteiger partial charge in [-0.3, -0.25) is 9.35 Å². The predicted octanol–water partition coefficient (Wildman–Crippen LogP) is 5.77. The van der Waals surface area contributed by atoms with Gasteiger partial charge in [0.1, 0.15) is 0 Å². The van der Waals surface area contributed by atoms with Gasteiger partial charge in [-0.05, 0) is 109 Å². The van der Waals surface area contributed by atoms with Gasteiger partial charge in [0.25, 0.3) is 10.1 Å². The van der Waals surface area contributed by atoms with Crippen LogP contribution in [0.4, 0.5) is 0 Å². The van der Waals surface area contributed by atoms with E-state index in [0.29, 0.717) is 47.5 Å². The lowest BCUT2D eigenvalue weighted by Crippen LogP contribution is -2.62. The maximum atomic E-state index is 13.0. The Hall–Kier alpha value is -1.48. The van der Waals surface area contributed by atoms with Crippen molar-refractivity contribution in [3.05, 3.63) is 35.9 Å². The summed E-state index contributed by atoms with van der Waals surface area (Å²) >= 11 is 0. The second-order valence-corrected chi connectivity index (χ2v) is 16.4. The number of fused-ring (bicyclic) bond motifs is 5. The second kappa shape index (κ2) is 12.1. The van der Waals surface area contributed by atoms with Gasteiger partial charge in [-0.2, -0.15) is 8.42 Å². The average molecular weight is 604 g/mol. The number of amides is 1. The molecule has 4 N–H and O–H groups in total. The molecule has 4 fully saturated rings. The Morgan fingerprint density at radius 3 is 2.33 bits per heavy atom. The van der Waals surface area contributed by atoms with E-state index in [0.717, 1.165) is 57.8 Å². The lowest BCUT2D eigenvalue weighted by Gasteiger charge is -2.64. The molecule has 0 radical (unpaired) electrons. The zero-order valence-electron chi connectivity index (χ0n) is 25.9. The minimum atomic E-state index is -4.27. The molecule has 0 saturated heterocycles. The summed E-state index contributed by atoms with van der Waals surface area (Å²) in [5, 5.41) is 25.3. The Balaban J connectivity index is 1.26. The van der Waals surface area contributed by atoms with E-state index >= 15 is 0 Å². The highest BCUT2D eigenvalue weighted by Crippen LogP contribution is 2.69. The summed E-state index contributed by atoms with van der Waals surface area (Å²) in [4.78, 5) is 13.0. The van der Waals surface area contributed by atoms with Crippen molar-refractivity contribution in [1.29, 1.82) is 0 Å². The molecule has 4 aliphatic carbocycles. The summed E-state index contributed by atoms with van der Waals surface area (Å²) in [7, 11) is -4.27. The third kappa shape index (κ3) is 5.94. The fourth-order valence-electron chi connectivity index (χ4n) is 10.9. The number of aliphatic hydroxyl groups is 2. The molecule has 8 heteroatoms. The zero-order valence-corrected chi connectivity index (χ0v) is 26.7. The predicted molar refractivity (Wildman–Crippen MR) is 164 cm³/mol. The molecule has 1 aromatic rings. The van der Waals surface area contributed by atoms with Gasteiger partial charge < -0.3 is 15.5 Å². The number of hydrogen-bond acceptors (Lipinski definition) is 5. The monoisotopic (exact) mass is 603 g/mol. The van der Waals surface area contributed by atoms with Gasteiger partial charge in [0.05, 0.1) is 24.0 Å². The standard InChI is InChI=1S/C34H53NO6S/c1-5-24-28-19-23(36)15-17-34(28,4)27-16-18-33(3)25(12-13-26(33)31(27)32(24)38)21(2)11-14-30(37)35-29(20-42(39,40)41)22-9-7-6-8-10-22/h6-10,21,23-29,31-32,36,38H,5,11-20H2,1-4H3,(H,35,37)(H,39,40,41)/t21-,23-,24-,25-,26+,27+,28+,29+,31+,32-,33-,34-/m1/s1. The minimum absolute atomic E-state index is 0.130. The van der Waals surface area contributed by atoms with Gasteiger partial charge in [-0.25, -0.2) is 0 Å². The number of hydrogen-bond donors (Lipinski definition) is 4. The van der Waals surface area contributed by atoms with E-state index < -0.39 is 21.9 Å². The SMILES string of the molecule is CC[C@H]1[C@@H](O)[C@@H]2[C@H](CC[C@]3(C)[C@@H]([C@H](C)CCC(=O)N[C@@H](CS(=O)(=O)O)c4ccccc4)CC[C@@H]23)[C@@]2(C)CC[C@@H](O)C[C@@H]12. The zero-order chi connectivity index (χ0) is 30.4. The minimum Gasteiger partial charge on any atom is -0.393 e. The summed E-state index contributed by atoms with van der Waals surface area (Å²) in [5.41, 5.74) is 0.967.